The topological polar surface area (TPSA) is 78.4 Å². The molecule has 0 spiro atoms. The van der Waals surface area contributed by atoms with E-state index in [4.69, 9.17) is 5.11 Å². The Balaban J connectivity index is 4.20. The molecule has 5 nitrogen and oxygen atoms in total. The van der Waals surface area contributed by atoms with Gasteiger partial charge in [0.2, 0.25) is 0 Å². The van der Waals surface area contributed by atoms with Crippen molar-refractivity contribution in [2.24, 2.45) is 17.8 Å². The smallest absolute Gasteiger partial charge is 0.326 e. The van der Waals surface area contributed by atoms with E-state index in [0.29, 0.717) is 30.7 Å². The second kappa shape index (κ2) is 7.95. The van der Waals surface area contributed by atoms with Crippen molar-refractivity contribution in [3.05, 3.63) is 0 Å². The van der Waals surface area contributed by atoms with Gasteiger partial charge in [-0.25, -0.2) is 9.59 Å². The van der Waals surface area contributed by atoms with E-state index in [1.165, 1.54) is 0 Å². The average Bonchev–Trinajstić information content (AvgIpc) is 2.24. The van der Waals surface area contributed by atoms with Crippen LogP contribution in [0.15, 0.2) is 0 Å². The monoisotopic (exact) mass is 258 g/mol. The lowest BCUT2D eigenvalue weighted by atomic mass is 9.85. The molecule has 0 aliphatic rings. The Hall–Kier alpha value is -1.26. The number of hydrogen-bond acceptors (Lipinski definition) is 2. The van der Waals surface area contributed by atoms with Gasteiger partial charge in [-0.15, -0.1) is 0 Å². The summed E-state index contributed by atoms with van der Waals surface area (Å²) in [6.45, 7) is 10.8. The van der Waals surface area contributed by atoms with Crippen molar-refractivity contribution in [1.82, 2.24) is 10.6 Å². The molecule has 0 radical (unpaired) electrons. The molecular formula is C13H26N2O3. The molecule has 106 valence electrons. The van der Waals surface area contributed by atoms with E-state index in [9.17, 15) is 9.59 Å². The van der Waals surface area contributed by atoms with Crippen LogP contribution in [-0.4, -0.2) is 29.7 Å². The quantitative estimate of drug-likeness (QED) is 0.654. The summed E-state index contributed by atoms with van der Waals surface area (Å²) in [5, 5.41) is 14.0. The molecule has 0 aromatic rings. The van der Waals surface area contributed by atoms with Crippen LogP contribution in [0.2, 0.25) is 0 Å². The molecule has 0 rings (SSSR count). The van der Waals surface area contributed by atoms with Crippen LogP contribution >= 0.6 is 0 Å². The fourth-order valence-corrected chi connectivity index (χ4v) is 2.00. The van der Waals surface area contributed by atoms with Crippen molar-refractivity contribution in [1.29, 1.82) is 0 Å². The average molecular weight is 258 g/mol. The van der Waals surface area contributed by atoms with Gasteiger partial charge in [0.15, 0.2) is 0 Å². The maximum Gasteiger partial charge on any atom is 0.326 e. The van der Waals surface area contributed by atoms with Gasteiger partial charge in [-0.3, -0.25) is 0 Å². The van der Waals surface area contributed by atoms with E-state index in [-0.39, 0.29) is 0 Å². The molecule has 1 unspecified atom stereocenters. The molecule has 0 aliphatic heterocycles. The van der Waals surface area contributed by atoms with Gasteiger partial charge >= 0.3 is 12.0 Å². The summed E-state index contributed by atoms with van der Waals surface area (Å²) in [5.41, 5.74) is 0. The molecule has 2 amide bonds. The van der Waals surface area contributed by atoms with Crippen LogP contribution in [0, 0.1) is 17.8 Å². The molecule has 0 aliphatic carbocycles. The van der Waals surface area contributed by atoms with Crippen LogP contribution in [0.1, 0.15) is 41.0 Å². The third-order valence-electron chi connectivity index (χ3n) is 3.22. The molecule has 0 saturated heterocycles. The van der Waals surface area contributed by atoms with Gasteiger partial charge in [-0.1, -0.05) is 34.6 Å². The molecule has 0 bridgehead atoms. The Morgan fingerprint density at radius 2 is 1.61 bits per heavy atom. The summed E-state index contributed by atoms with van der Waals surface area (Å²) in [4.78, 5) is 22.4. The first-order valence-electron chi connectivity index (χ1n) is 6.56. The fourth-order valence-electron chi connectivity index (χ4n) is 2.00. The van der Waals surface area contributed by atoms with Gasteiger partial charge in [0.25, 0.3) is 0 Å². The highest BCUT2D eigenvalue weighted by Gasteiger charge is 2.20. The zero-order valence-electron chi connectivity index (χ0n) is 12.0. The Labute approximate surface area is 109 Å². The molecule has 1 atom stereocenters. The second-order valence-electron chi connectivity index (χ2n) is 5.31. The fraction of sp³-hybridized carbons (Fsp3) is 0.846. The van der Waals surface area contributed by atoms with Gasteiger partial charge < -0.3 is 15.7 Å². The number of aliphatic carboxylic acids is 1. The van der Waals surface area contributed by atoms with E-state index < -0.39 is 18.0 Å². The van der Waals surface area contributed by atoms with Gasteiger partial charge in [0, 0.05) is 6.54 Å². The van der Waals surface area contributed by atoms with Crippen molar-refractivity contribution in [3.63, 3.8) is 0 Å². The minimum atomic E-state index is -1.00. The highest BCUT2D eigenvalue weighted by Crippen LogP contribution is 2.19. The van der Waals surface area contributed by atoms with Crippen LogP contribution in [0.5, 0.6) is 0 Å². The Morgan fingerprint density at radius 3 is 1.94 bits per heavy atom. The van der Waals surface area contributed by atoms with Gasteiger partial charge in [-0.05, 0) is 24.2 Å². The van der Waals surface area contributed by atoms with Gasteiger partial charge in [-0.2, -0.15) is 0 Å². The van der Waals surface area contributed by atoms with Crippen molar-refractivity contribution in [3.8, 4) is 0 Å². The number of hydrogen-bond donors (Lipinski definition) is 3. The Bertz CT molecular complexity index is 269. The first kappa shape index (κ1) is 16.7. The number of amides is 2. The Morgan fingerprint density at radius 1 is 1.11 bits per heavy atom. The van der Waals surface area contributed by atoms with Gasteiger partial charge in [0.1, 0.15) is 6.04 Å². The molecule has 0 heterocycles. The highest BCUT2D eigenvalue weighted by molar-refractivity contribution is 5.82. The SMILES string of the molecule is CCC(NC(=O)NCC(C(C)C)C(C)C)C(=O)O. The number of urea groups is 1. The first-order valence-corrected chi connectivity index (χ1v) is 6.56. The van der Waals surface area contributed by atoms with Crippen LogP contribution in [0.25, 0.3) is 0 Å². The molecule has 0 aromatic heterocycles. The maximum atomic E-state index is 11.6. The summed E-state index contributed by atoms with van der Waals surface area (Å²) in [6.07, 6.45) is 0.376. The van der Waals surface area contributed by atoms with Crippen molar-refractivity contribution in [2.45, 2.75) is 47.1 Å². The number of carbonyl (C=O) groups excluding carboxylic acids is 1. The summed E-state index contributed by atoms with van der Waals surface area (Å²) in [6, 6.07) is -1.22. The van der Waals surface area contributed by atoms with Crippen LogP contribution in [0.3, 0.4) is 0 Å². The van der Waals surface area contributed by atoms with Crippen LogP contribution < -0.4 is 10.6 Å². The summed E-state index contributed by atoms with van der Waals surface area (Å²) in [5.74, 6) is 0.344. The normalized spacial score (nSPS) is 12.9. The number of carboxylic acids is 1. The molecule has 3 N–H and O–H groups in total. The molecule has 5 heteroatoms. The third-order valence-corrected chi connectivity index (χ3v) is 3.22. The number of carboxylic acid groups (broad SMARTS) is 1. The minimum Gasteiger partial charge on any atom is -0.480 e. The summed E-state index contributed by atoms with van der Waals surface area (Å²) < 4.78 is 0. The molecule has 0 aromatic carbocycles. The van der Waals surface area contributed by atoms with Crippen LogP contribution in [-0.2, 0) is 4.79 Å². The molecular weight excluding hydrogens is 232 g/mol. The van der Waals surface area contributed by atoms with Crippen LogP contribution in [0.4, 0.5) is 4.79 Å². The second-order valence-corrected chi connectivity index (χ2v) is 5.31. The summed E-state index contributed by atoms with van der Waals surface area (Å²) >= 11 is 0. The molecule has 0 fully saturated rings. The van der Waals surface area contributed by atoms with Crippen molar-refractivity contribution >= 4 is 12.0 Å². The molecule has 0 saturated carbocycles. The number of nitrogens with one attached hydrogen (secondary N) is 2. The number of rotatable bonds is 7. The Kier molecular flexibility index (Phi) is 7.39. The third kappa shape index (κ3) is 5.89. The first-order chi connectivity index (χ1) is 8.29. The predicted molar refractivity (Wildman–Crippen MR) is 71.4 cm³/mol. The largest absolute Gasteiger partial charge is 0.480 e. The molecule has 18 heavy (non-hydrogen) atoms. The van der Waals surface area contributed by atoms with E-state index >= 15 is 0 Å². The summed E-state index contributed by atoms with van der Waals surface area (Å²) in [7, 11) is 0. The number of carbonyl (C=O) groups is 2. The lowest BCUT2D eigenvalue weighted by Crippen LogP contribution is -2.47. The maximum absolute atomic E-state index is 11.6. The van der Waals surface area contributed by atoms with Crippen molar-refractivity contribution in [2.75, 3.05) is 6.54 Å². The van der Waals surface area contributed by atoms with E-state index in [2.05, 4.69) is 38.3 Å². The standard InChI is InChI=1S/C13H26N2O3/c1-6-11(12(16)17)15-13(18)14-7-10(8(2)3)9(4)5/h8-11H,6-7H2,1-5H3,(H,16,17)(H2,14,15,18). The lowest BCUT2D eigenvalue weighted by molar-refractivity contribution is -0.139. The zero-order chi connectivity index (χ0) is 14.3. The zero-order valence-corrected chi connectivity index (χ0v) is 12.0. The minimum absolute atomic E-state index is 0.376. The lowest BCUT2D eigenvalue weighted by Gasteiger charge is -2.25. The van der Waals surface area contributed by atoms with Crippen molar-refractivity contribution < 1.29 is 14.7 Å². The van der Waals surface area contributed by atoms with E-state index in [1.54, 1.807) is 6.92 Å². The van der Waals surface area contributed by atoms with E-state index in [0.717, 1.165) is 0 Å². The predicted octanol–water partition coefficient (Wildman–Crippen LogP) is 2.08. The van der Waals surface area contributed by atoms with Gasteiger partial charge in [0.05, 0.1) is 0 Å². The highest BCUT2D eigenvalue weighted by atomic mass is 16.4. The van der Waals surface area contributed by atoms with E-state index in [1.807, 2.05) is 0 Å².